The highest BCUT2D eigenvalue weighted by Crippen LogP contribution is 2.35. The molecule has 0 bridgehead atoms. The van der Waals surface area contributed by atoms with Gasteiger partial charge < -0.3 is 10.1 Å². The number of anilines is 1. The van der Waals surface area contributed by atoms with Crippen LogP contribution in [-0.2, 0) is 15.7 Å². The lowest BCUT2D eigenvalue weighted by Gasteiger charge is -2.12. The van der Waals surface area contributed by atoms with Gasteiger partial charge in [0.15, 0.2) is 0 Å². The van der Waals surface area contributed by atoms with Gasteiger partial charge in [-0.1, -0.05) is 11.6 Å². The van der Waals surface area contributed by atoms with Crippen LogP contribution in [0.4, 0.5) is 23.7 Å². The number of halogens is 4. The number of hydrazine groups is 1. The Labute approximate surface area is 127 Å². The van der Waals surface area contributed by atoms with E-state index >= 15 is 0 Å². The zero-order valence-electron chi connectivity index (χ0n) is 10.8. The molecule has 2 amide bonds. The Hall–Kier alpha value is -2.42. The van der Waals surface area contributed by atoms with Crippen LogP contribution in [0.25, 0.3) is 0 Å². The van der Waals surface area contributed by atoms with Gasteiger partial charge in [-0.25, -0.2) is 9.59 Å². The van der Waals surface area contributed by atoms with Crippen molar-refractivity contribution in [2.75, 3.05) is 11.9 Å². The Morgan fingerprint density at radius 3 is 2.59 bits per heavy atom. The number of amides is 2. The maximum absolute atomic E-state index is 12.5. The van der Waals surface area contributed by atoms with E-state index in [1.165, 1.54) is 0 Å². The largest absolute Gasteiger partial charge is 0.456 e. The molecule has 1 aliphatic rings. The average molecular weight is 336 g/mol. The number of ether oxygens (including phenoxy) is 1. The quantitative estimate of drug-likeness (QED) is 0.585. The number of carbonyl (C=O) groups excluding carboxylic acids is 2. The lowest BCUT2D eigenvalue weighted by molar-refractivity contribution is -0.137. The van der Waals surface area contributed by atoms with Crippen molar-refractivity contribution in [1.82, 2.24) is 10.9 Å². The van der Waals surface area contributed by atoms with Gasteiger partial charge in [0.25, 0.3) is 0 Å². The summed E-state index contributed by atoms with van der Waals surface area (Å²) in [6, 6.07) is 2.05. The molecule has 0 unspecified atom stereocenters. The Bertz CT molecular complexity index is 646. The standard InChI is InChI=1S/C12H9ClF3N3O3/c13-9-3-6(1-2-8(9)12(14,15)16)17-11(21)19-18-7-4-10(20)22-5-7/h1-4,18H,5H2,(H2,17,19,21). The van der Waals surface area contributed by atoms with Gasteiger partial charge in [-0.05, 0) is 18.2 Å². The number of alkyl halides is 3. The Kier molecular flexibility index (Phi) is 4.45. The molecule has 1 heterocycles. The molecule has 118 valence electrons. The van der Waals surface area contributed by atoms with E-state index in [1.54, 1.807) is 0 Å². The molecule has 3 N–H and O–H groups in total. The molecular weight excluding hydrogens is 327 g/mol. The molecule has 22 heavy (non-hydrogen) atoms. The molecule has 0 radical (unpaired) electrons. The predicted molar refractivity (Wildman–Crippen MR) is 70.8 cm³/mol. The van der Waals surface area contributed by atoms with E-state index in [-0.39, 0.29) is 12.3 Å². The smallest absolute Gasteiger partial charge is 0.417 e. The summed E-state index contributed by atoms with van der Waals surface area (Å²) >= 11 is 5.52. The second-order valence-corrected chi connectivity index (χ2v) is 4.58. The molecule has 0 spiro atoms. The minimum atomic E-state index is -4.57. The molecular formula is C12H9ClF3N3O3. The number of carbonyl (C=O) groups is 2. The molecule has 0 fully saturated rings. The van der Waals surface area contributed by atoms with E-state index in [4.69, 9.17) is 11.6 Å². The summed E-state index contributed by atoms with van der Waals surface area (Å²) in [6.07, 6.45) is -3.42. The summed E-state index contributed by atoms with van der Waals surface area (Å²) in [5.41, 5.74) is 4.03. The molecule has 0 saturated heterocycles. The van der Waals surface area contributed by atoms with Gasteiger partial charge in [-0.3, -0.25) is 10.9 Å². The lowest BCUT2D eigenvalue weighted by atomic mass is 10.2. The second-order valence-electron chi connectivity index (χ2n) is 4.17. The number of cyclic esters (lactones) is 1. The highest BCUT2D eigenvalue weighted by molar-refractivity contribution is 6.31. The molecule has 2 rings (SSSR count). The third kappa shape index (κ3) is 4.04. The van der Waals surface area contributed by atoms with Crippen molar-refractivity contribution in [3.63, 3.8) is 0 Å². The number of rotatable bonds is 3. The van der Waals surface area contributed by atoms with Crippen LogP contribution in [0.2, 0.25) is 5.02 Å². The zero-order valence-corrected chi connectivity index (χ0v) is 11.5. The van der Waals surface area contributed by atoms with Gasteiger partial charge in [0.2, 0.25) is 0 Å². The molecule has 0 aromatic heterocycles. The van der Waals surface area contributed by atoms with Gasteiger partial charge in [-0.2, -0.15) is 13.2 Å². The fourth-order valence-electron chi connectivity index (χ4n) is 1.57. The van der Waals surface area contributed by atoms with Gasteiger partial charge in [-0.15, -0.1) is 0 Å². The normalized spacial score (nSPS) is 14.2. The number of urea groups is 1. The van der Waals surface area contributed by atoms with Crippen molar-refractivity contribution in [3.8, 4) is 0 Å². The molecule has 1 aromatic rings. The summed E-state index contributed by atoms with van der Waals surface area (Å²) in [6.45, 7) is -0.00871. The maximum atomic E-state index is 12.5. The SMILES string of the molecule is O=C(NNC1=CC(=O)OC1)Nc1ccc(C(F)(F)F)c(Cl)c1. The van der Waals surface area contributed by atoms with Crippen LogP contribution >= 0.6 is 11.6 Å². The fourth-order valence-corrected chi connectivity index (χ4v) is 1.86. The topological polar surface area (TPSA) is 79.5 Å². The maximum Gasteiger partial charge on any atom is 0.417 e. The minimum Gasteiger partial charge on any atom is -0.456 e. The summed E-state index contributed by atoms with van der Waals surface area (Å²) in [5, 5.41) is 1.75. The summed E-state index contributed by atoms with van der Waals surface area (Å²) < 4.78 is 42.2. The predicted octanol–water partition coefficient (Wildman–Crippen LogP) is 2.43. The third-order valence-electron chi connectivity index (χ3n) is 2.53. The first-order chi connectivity index (χ1) is 10.3. The highest BCUT2D eigenvalue weighted by Gasteiger charge is 2.33. The van der Waals surface area contributed by atoms with E-state index in [0.717, 1.165) is 24.3 Å². The molecule has 10 heteroatoms. The van der Waals surface area contributed by atoms with E-state index in [9.17, 15) is 22.8 Å². The summed E-state index contributed by atoms with van der Waals surface area (Å²) in [4.78, 5) is 22.3. The number of nitrogens with one attached hydrogen (secondary N) is 3. The monoisotopic (exact) mass is 335 g/mol. The van der Waals surface area contributed by atoms with E-state index in [0.29, 0.717) is 5.70 Å². The first kappa shape index (κ1) is 16.0. The van der Waals surface area contributed by atoms with Crippen LogP contribution in [0.5, 0.6) is 0 Å². The van der Waals surface area contributed by atoms with Crippen molar-refractivity contribution >= 4 is 29.3 Å². The summed E-state index contributed by atoms with van der Waals surface area (Å²) in [7, 11) is 0. The van der Waals surface area contributed by atoms with Crippen LogP contribution in [-0.4, -0.2) is 18.6 Å². The first-order valence-corrected chi connectivity index (χ1v) is 6.20. The third-order valence-corrected chi connectivity index (χ3v) is 2.84. The number of hydrogen-bond donors (Lipinski definition) is 3. The number of benzene rings is 1. The van der Waals surface area contributed by atoms with Crippen LogP contribution in [0.1, 0.15) is 5.56 Å². The molecule has 0 aliphatic carbocycles. The van der Waals surface area contributed by atoms with Crippen LogP contribution in [0.3, 0.4) is 0 Å². The highest BCUT2D eigenvalue weighted by atomic mass is 35.5. The van der Waals surface area contributed by atoms with Gasteiger partial charge in [0.1, 0.15) is 6.61 Å². The van der Waals surface area contributed by atoms with Crippen molar-refractivity contribution in [3.05, 3.63) is 40.6 Å². The van der Waals surface area contributed by atoms with E-state index < -0.39 is 28.8 Å². The van der Waals surface area contributed by atoms with E-state index in [1.807, 2.05) is 0 Å². The summed E-state index contributed by atoms with van der Waals surface area (Å²) in [5.74, 6) is -0.542. The Morgan fingerprint density at radius 2 is 2.05 bits per heavy atom. The molecule has 1 aromatic carbocycles. The van der Waals surface area contributed by atoms with Crippen molar-refractivity contribution in [1.29, 1.82) is 0 Å². The molecule has 1 aliphatic heterocycles. The Morgan fingerprint density at radius 1 is 1.32 bits per heavy atom. The second kappa shape index (κ2) is 6.14. The lowest BCUT2D eigenvalue weighted by Crippen LogP contribution is -2.40. The fraction of sp³-hybridized carbons (Fsp3) is 0.167. The van der Waals surface area contributed by atoms with Gasteiger partial charge in [0.05, 0.1) is 16.3 Å². The van der Waals surface area contributed by atoms with Crippen LogP contribution in [0.15, 0.2) is 30.0 Å². The van der Waals surface area contributed by atoms with Crippen molar-refractivity contribution in [2.24, 2.45) is 0 Å². The number of hydrogen-bond acceptors (Lipinski definition) is 4. The van der Waals surface area contributed by atoms with Crippen LogP contribution < -0.4 is 16.2 Å². The van der Waals surface area contributed by atoms with Crippen molar-refractivity contribution < 1.29 is 27.5 Å². The van der Waals surface area contributed by atoms with Crippen LogP contribution in [0, 0.1) is 0 Å². The molecule has 0 atom stereocenters. The van der Waals surface area contributed by atoms with E-state index in [2.05, 4.69) is 20.9 Å². The Balaban J connectivity index is 1.93. The average Bonchev–Trinajstić information content (AvgIpc) is 2.81. The van der Waals surface area contributed by atoms with Gasteiger partial charge in [0, 0.05) is 11.8 Å². The number of esters is 1. The van der Waals surface area contributed by atoms with Crippen molar-refractivity contribution in [2.45, 2.75) is 6.18 Å². The van der Waals surface area contributed by atoms with Gasteiger partial charge >= 0.3 is 18.2 Å². The first-order valence-electron chi connectivity index (χ1n) is 5.83. The zero-order chi connectivity index (χ0) is 16.3. The molecule has 6 nitrogen and oxygen atoms in total. The minimum absolute atomic E-state index is 0.00871. The molecule has 0 saturated carbocycles.